The van der Waals surface area contributed by atoms with Crippen LogP contribution in [0.1, 0.15) is 41.7 Å². The quantitative estimate of drug-likeness (QED) is 0.877. The SMILES string of the molecule is Cc1ccc(Cc2nnc3n2CCCC3O)cc1. The first kappa shape index (κ1) is 11.4. The van der Waals surface area contributed by atoms with Gasteiger partial charge in [0.1, 0.15) is 11.9 Å². The third-order valence-corrected chi connectivity index (χ3v) is 3.50. The molecule has 2 aromatic rings. The highest BCUT2D eigenvalue weighted by atomic mass is 16.3. The fraction of sp³-hybridized carbons (Fsp3) is 0.429. The van der Waals surface area contributed by atoms with Crippen LogP contribution in [0.4, 0.5) is 0 Å². The largest absolute Gasteiger partial charge is 0.385 e. The molecule has 1 atom stereocenters. The highest BCUT2D eigenvalue weighted by Gasteiger charge is 2.23. The van der Waals surface area contributed by atoms with E-state index in [1.165, 1.54) is 11.1 Å². The smallest absolute Gasteiger partial charge is 0.161 e. The van der Waals surface area contributed by atoms with E-state index in [0.717, 1.165) is 37.5 Å². The van der Waals surface area contributed by atoms with Crippen LogP contribution in [-0.4, -0.2) is 19.9 Å². The number of nitrogens with zero attached hydrogens (tertiary/aromatic N) is 3. The molecule has 18 heavy (non-hydrogen) atoms. The predicted octanol–water partition coefficient (Wildman–Crippen LogP) is 2.00. The number of hydrogen-bond donors (Lipinski definition) is 1. The van der Waals surface area contributed by atoms with Crippen molar-refractivity contribution >= 4 is 0 Å². The summed E-state index contributed by atoms with van der Waals surface area (Å²) in [4.78, 5) is 0. The second kappa shape index (κ2) is 4.53. The summed E-state index contributed by atoms with van der Waals surface area (Å²) in [5.74, 6) is 1.68. The Morgan fingerprint density at radius 1 is 1.28 bits per heavy atom. The molecule has 2 heterocycles. The Balaban J connectivity index is 1.87. The average molecular weight is 243 g/mol. The molecular weight excluding hydrogens is 226 g/mol. The molecule has 0 radical (unpaired) electrons. The van der Waals surface area contributed by atoms with E-state index in [0.29, 0.717) is 0 Å². The molecule has 4 nitrogen and oxygen atoms in total. The van der Waals surface area contributed by atoms with Crippen molar-refractivity contribution in [2.75, 3.05) is 0 Å². The Morgan fingerprint density at radius 3 is 2.83 bits per heavy atom. The van der Waals surface area contributed by atoms with Crippen LogP contribution in [0.25, 0.3) is 0 Å². The molecule has 1 aliphatic rings. The maximum atomic E-state index is 9.85. The molecule has 1 N–H and O–H groups in total. The first-order valence-corrected chi connectivity index (χ1v) is 6.39. The summed E-state index contributed by atoms with van der Waals surface area (Å²) in [6.07, 6.45) is 2.12. The van der Waals surface area contributed by atoms with Gasteiger partial charge in [-0.15, -0.1) is 10.2 Å². The van der Waals surface area contributed by atoms with Gasteiger partial charge in [-0.05, 0) is 25.3 Å². The minimum atomic E-state index is -0.446. The van der Waals surface area contributed by atoms with E-state index >= 15 is 0 Å². The summed E-state index contributed by atoms with van der Waals surface area (Å²) in [6, 6.07) is 8.46. The molecule has 1 aromatic heterocycles. The van der Waals surface area contributed by atoms with Crippen LogP contribution in [-0.2, 0) is 13.0 Å². The van der Waals surface area contributed by atoms with E-state index < -0.39 is 6.10 Å². The molecule has 0 spiro atoms. The number of rotatable bonds is 2. The van der Waals surface area contributed by atoms with E-state index in [-0.39, 0.29) is 0 Å². The molecule has 0 bridgehead atoms. The number of aliphatic hydroxyl groups is 1. The van der Waals surface area contributed by atoms with Crippen molar-refractivity contribution in [1.29, 1.82) is 0 Å². The van der Waals surface area contributed by atoms with Gasteiger partial charge in [0.05, 0.1) is 0 Å². The van der Waals surface area contributed by atoms with E-state index in [1.54, 1.807) is 0 Å². The number of aryl methyl sites for hydroxylation is 1. The molecule has 94 valence electrons. The van der Waals surface area contributed by atoms with Gasteiger partial charge >= 0.3 is 0 Å². The zero-order valence-electron chi connectivity index (χ0n) is 10.5. The summed E-state index contributed by atoms with van der Waals surface area (Å²) in [6.45, 7) is 3.00. The Bertz CT molecular complexity index is 545. The third kappa shape index (κ3) is 2.04. The van der Waals surface area contributed by atoms with Gasteiger partial charge in [-0.3, -0.25) is 0 Å². The maximum Gasteiger partial charge on any atom is 0.161 e. The number of benzene rings is 1. The fourth-order valence-electron chi connectivity index (χ4n) is 2.43. The summed E-state index contributed by atoms with van der Waals surface area (Å²) in [5, 5.41) is 18.2. The monoisotopic (exact) mass is 243 g/mol. The number of fused-ring (bicyclic) bond motifs is 1. The number of aromatic nitrogens is 3. The molecule has 3 rings (SSSR count). The third-order valence-electron chi connectivity index (χ3n) is 3.50. The molecule has 1 unspecified atom stereocenters. The van der Waals surface area contributed by atoms with Crippen molar-refractivity contribution in [3.8, 4) is 0 Å². The topological polar surface area (TPSA) is 50.9 Å². The number of aliphatic hydroxyl groups excluding tert-OH is 1. The summed E-state index contributed by atoms with van der Waals surface area (Å²) < 4.78 is 2.06. The zero-order chi connectivity index (χ0) is 12.5. The Labute approximate surface area is 106 Å². The lowest BCUT2D eigenvalue weighted by Crippen LogP contribution is -2.17. The average Bonchev–Trinajstić information content (AvgIpc) is 2.77. The predicted molar refractivity (Wildman–Crippen MR) is 68.2 cm³/mol. The minimum absolute atomic E-state index is 0.446. The summed E-state index contributed by atoms with van der Waals surface area (Å²) >= 11 is 0. The Morgan fingerprint density at radius 2 is 2.06 bits per heavy atom. The van der Waals surface area contributed by atoms with Gasteiger partial charge in [0.25, 0.3) is 0 Å². The van der Waals surface area contributed by atoms with Crippen LogP contribution >= 0.6 is 0 Å². The molecule has 0 fully saturated rings. The van der Waals surface area contributed by atoms with Crippen LogP contribution in [0.5, 0.6) is 0 Å². The summed E-state index contributed by atoms with van der Waals surface area (Å²) in [5.41, 5.74) is 2.49. The Hall–Kier alpha value is -1.68. The van der Waals surface area contributed by atoms with Crippen LogP contribution in [0.3, 0.4) is 0 Å². The second-order valence-corrected chi connectivity index (χ2v) is 4.95. The van der Waals surface area contributed by atoms with Crippen molar-refractivity contribution in [2.45, 2.75) is 38.8 Å². The molecule has 4 heteroatoms. The maximum absolute atomic E-state index is 9.85. The van der Waals surface area contributed by atoms with E-state index in [1.807, 2.05) is 0 Å². The zero-order valence-corrected chi connectivity index (χ0v) is 10.5. The molecular formula is C14H17N3O. The highest BCUT2D eigenvalue weighted by Crippen LogP contribution is 2.24. The second-order valence-electron chi connectivity index (χ2n) is 4.95. The van der Waals surface area contributed by atoms with Gasteiger partial charge in [0.2, 0.25) is 0 Å². The fourth-order valence-corrected chi connectivity index (χ4v) is 2.43. The van der Waals surface area contributed by atoms with Crippen molar-refractivity contribution in [3.05, 3.63) is 47.0 Å². The lowest BCUT2D eigenvalue weighted by atomic mass is 10.1. The van der Waals surface area contributed by atoms with Crippen molar-refractivity contribution in [2.24, 2.45) is 0 Å². The first-order valence-electron chi connectivity index (χ1n) is 6.39. The molecule has 1 aliphatic heterocycles. The molecule has 1 aromatic carbocycles. The van der Waals surface area contributed by atoms with Gasteiger partial charge in [0.15, 0.2) is 5.82 Å². The van der Waals surface area contributed by atoms with Gasteiger partial charge in [-0.25, -0.2) is 0 Å². The van der Waals surface area contributed by atoms with Gasteiger partial charge < -0.3 is 9.67 Å². The van der Waals surface area contributed by atoms with Gasteiger partial charge in [-0.2, -0.15) is 0 Å². The van der Waals surface area contributed by atoms with Crippen molar-refractivity contribution < 1.29 is 5.11 Å². The van der Waals surface area contributed by atoms with E-state index in [4.69, 9.17) is 0 Å². The lowest BCUT2D eigenvalue weighted by Gasteiger charge is -2.19. The lowest BCUT2D eigenvalue weighted by molar-refractivity contribution is 0.133. The van der Waals surface area contributed by atoms with Crippen LogP contribution in [0, 0.1) is 6.92 Å². The standard InChI is InChI=1S/C14H17N3O/c1-10-4-6-11(7-5-10)9-13-15-16-14-12(18)3-2-8-17(13)14/h4-7,12,18H,2-3,8-9H2,1H3. The normalized spacial score (nSPS) is 18.7. The molecule has 0 amide bonds. The highest BCUT2D eigenvalue weighted by molar-refractivity contribution is 5.24. The van der Waals surface area contributed by atoms with Gasteiger partial charge in [-0.1, -0.05) is 29.8 Å². The van der Waals surface area contributed by atoms with Crippen LogP contribution < -0.4 is 0 Å². The molecule has 0 aliphatic carbocycles. The van der Waals surface area contributed by atoms with Crippen molar-refractivity contribution in [3.63, 3.8) is 0 Å². The van der Waals surface area contributed by atoms with E-state index in [9.17, 15) is 5.11 Å². The van der Waals surface area contributed by atoms with Crippen LogP contribution in [0.2, 0.25) is 0 Å². The summed E-state index contributed by atoms with van der Waals surface area (Å²) in [7, 11) is 0. The number of hydrogen-bond acceptors (Lipinski definition) is 3. The minimum Gasteiger partial charge on any atom is -0.385 e. The molecule has 0 saturated heterocycles. The molecule has 0 saturated carbocycles. The van der Waals surface area contributed by atoms with Crippen LogP contribution in [0.15, 0.2) is 24.3 Å². The van der Waals surface area contributed by atoms with E-state index in [2.05, 4.69) is 46.0 Å². The van der Waals surface area contributed by atoms with Gasteiger partial charge in [0, 0.05) is 13.0 Å². The van der Waals surface area contributed by atoms with Crippen molar-refractivity contribution in [1.82, 2.24) is 14.8 Å². The first-order chi connectivity index (χ1) is 8.74. The Kier molecular flexibility index (Phi) is 2.88.